The number of rotatable bonds is 9. The van der Waals surface area contributed by atoms with E-state index in [-0.39, 0.29) is 12.5 Å². The molecule has 38 heavy (non-hydrogen) atoms. The van der Waals surface area contributed by atoms with Crippen LogP contribution in [0.1, 0.15) is 89.2 Å². The number of carboxylic acids is 1. The number of nitriles is 1. The Morgan fingerprint density at radius 3 is 2.47 bits per heavy atom. The van der Waals surface area contributed by atoms with Crippen molar-refractivity contribution in [3.8, 4) is 17.2 Å². The molecule has 1 heterocycles. The summed E-state index contributed by atoms with van der Waals surface area (Å²) < 4.78 is 0. The van der Waals surface area contributed by atoms with Crippen LogP contribution in [-0.2, 0) is 16.1 Å². The molecule has 1 unspecified atom stereocenters. The number of carbonyl (C=O) groups excluding carboxylic acids is 1. The van der Waals surface area contributed by atoms with Gasteiger partial charge in [0.15, 0.2) is 0 Å². The molecular formula is C32H41N3O3. The quantitative estimate of drug-likeness (QED) is 0.398. The summed E-state index contributed by atoms with van der Waals surface area (Å²) >= 11 is 0. The molecule has 1 aliphatic carbocycles. The van der Waals surface area contributed by atoms with E-state index in [0.717, 1.165) is 67.6 Å². The molecule has 0 bridgehead atoms. The van der Waals surface area contributed by atoms with Crippen LogP contribution in [0.5, 0.6) is 0 Å². The lowest BCUT2D eigenvalue weighted by molar-refractivity contribution is -0.163. The molecule has 1 aliphatic heterocycles. The maximum absolute atomic E-state index is 13.3. The van der Waals surface area contributed by atoms with E-state index >= 15 is 0 Å². The summed E-state index contributed by atoms with van der Waals surface area (Å²) in [7, 11) is 0. The van der Waals surface area contributed by atoms with Gasteiger partial charge in [-0.15, -0.1) is 0 Å². The Balaban J connectivity index is 1.61. The van der Waals surface area contributed by atoms with Gasteiger partial charge in [0.1, 0.15) is 5.54 Å². The van der Waals surface area contributed by atoms with E-state index in [1.807, 2.05) is 43.3 Å². The van der Waals surface area contributed by atoms with Crippen LogP contribution >= 0.6 is 0 Å². The van der Waals surface area contributed by atoms with E-state index in [1.165, 1.54) is 12.8 Å². The molecule has 2 aromatic carbocycles. The standard InChI is InChI=1S/C32H41N3O3/c1-3-4-10-30(36)35(32(31(37)38)17-6-5-7-18-32)23-25-11-13-26(14-12-25)29-20-28(16-15-27(29)21-33)34-19-8-9-24(2)22-34/h11-16,20,24H,3-10,17-19,22-23H2,1-2H3,(H,37,38). The first-order chi connectivity index (χ1) is 18.4. The number of amides is 1. The van der Waals surface area contributed by atoms with Crippen LogP contribution in [0.4, 0.5) is 5.69 Å². The lowest BCUT2D eigenvalue weighted by Gasteiger charge is -2.43. The van der Waals surface area contributed by atoms with Crippen molar-refractivity contribution in [2.24, 2.45) is 5.92 Å². The summed E-state index contributed by atoms with van der Waals surface area (Å²) in [6.45, 7) is 6.67. The number of aliphatic carboxylic acids is 1. The third-order valence-corrected chi connectivity index (χ3v) is 8.39. The minimum Gasteiger partial charge on any atom is -0.479 e. The van der Waals surface area contributed by atoms with Gasteiger partial charge in [0.05, 0.1) is 11.6 Å². The van der Waals surface area contributed by atoms with Crippen LogP contribution in [0.2, 0.25) is 0 Å². The summed E-state index contributed by atoms with van der Waals surface area (Å²) in [5, 5.41) is 20.1. The number of piperidine rings is 1. The number of anilines is 1. The number of carbonyl (C=O) groups is 2. The molecule has 0 spiro atoms. The molecule has 6 heteroatoms. The molecule has 0 radical (unpaired) electrons. The topological polar surface area (TPSA) is 84.6 Å². The van der Waals surface area contributed by atoms with Gasteiger partial charge in [0, 0.05) is 37.3 Å². The maximum Gasteiger partial charge on any atom is 0.329 e. The lowest BCUT2D eigenvalue weighted by atomic mass is 9.79. The fourth-order valence-corrected chi connectivity index (χ4v) is 6.14. The second kappa shape index (κ2) is 12.5. The molecule has 202 valence electrons. The van der Waals surface area contributed by atoms with E-state index in [0.29, 0.717) is 30.7 Å². The van der Waals surface area contributed by atoms with Crippen LogP contribution < -0.4 is 4.90 Å². The van der Waals surface area contributed by atoms with Crippen LogP contribution in [0.15, 0.2) is 42.5 Å². The van der Waals surface area contributed by atoms with Crippen LogP contribution in [0.3, 0.4) is 0 Å². The first kappa shape index (κ1) is 27.7. The van der Waals surface area contributed by atoms with Crippen molar-refractivity contribution in [2.45, 2.75) is 90.1 Å². The first-order valence-electron chi connectivity index (χ1n) is 14.3. The van der Waals surface area contributed by atoms with Crippen molar-refractivity contribution >= 4 is 17.6 Å². The van der Waals surface area contributed by atoms with Crippen molar-refractivity contribution in [1.82, 2.24) is 4.90 Å². The molecule has 2 aliphatic rings. The number of unbranched alkanes of at least 4 members (excludes halogenated alkanes) is 1. The van der Waals surface area contributed by atoms with Crippen molar-refractivity contribution < 1.29 is 14.7 Å². The highest BCUT2D eigenvalue weighted by molar-refractivity contribution is 5.87. The summed E-state index contributed by atoms with van der Waals surface area (Å²) in [5.41, 5.74) is 3.41. The highest BCUT2D eigenvalue weighted by atomic mass is 16.4. The number of hydrogen-bond donors (Lipinski definition) is 1. The zero-order chi connectivity index (χ0) is 27.1. The number of nitrogens with zero attached hydrogens (tertiary/aromatic N) is 3. The van der Waals surface area contributed by atoms with Crippen molar-refractivity contribution in [2.75, 3.05) is 18.0 Å². The number of benzene rings is 2. The lowest BCUT2D eigenvalue weighted by Crippen LogP contribution is -2.57. The zero-order valence-corrected chi connectivity index (χ0v) is 22.9. The first-order valence-corrected chi connectivity index (χ1v) is 14.3. The molecule has 2 fully saturated rings. The van der Waals surface area contributed by atoms with Crippen molar-refractivity contribution in [3.05, 3.63) is 53.6 Å². The molecular weight excluding hydrogens is 474 g/mol. The second-order valence-electron chi connectivity index (χ2n) is 11.2. The van der Waals surface area contributed by atoms with Crippen LogP contribution in [0.25, 0.3) is 11.1 Å². The van der Waals surface area contributed by atoms with Crippen molar-refractivity contribution in [3.63, 3.8) is 0 Å². The molecule has 4 rings (SSSR count). The van der Waals surface area contributed by atoms with Gasteiger partial charge >= 0.3 is 5.97 Å². The molecule has 1 saturated heterocycles. The molecule has 1 amide bonds. The van der Waals surface area contributed by atoms with Crippen LogP contribution in [-0.4, -0.2) is 40.5 Å². The second-order valence-corrected chi connectivity index (χ2v) is 11.2. The maximum atomic E-state index is 13.3. The molecule has 0 aromatic heterocycles. The molecule has 2 aromatic rings. The molecule has 6 nitrogen and oxygen atoms in total. The van der Waals surface area contributed by atoms with E-state index in [9.17, 15) is 20.0 Å². The molecule has 1 atom stereocenters. The minimum absolute atomic E-state index is 0.0737. The van der Waals surface area contributed by atoms with E-state index in [1.54, 1.807) is 4.90 Å². The Bertz CT molecular complexity index is 1160. The van der Waals surface area contributed by atoms with Gasteiger partial charge in [-0.2, -0.15) is 5.26 Å². The third-order valence-electron chi connectivity index (χ3n) is 8.39. The third kappa shape index (κ3) is 6.04. The normalized spacial score (nSPS) is 19.0. The predicted molar refractivity (Wildman–Crippen MR) is 151 cm³/mol. The molecule has 1 saturated carbocycles. The van der Waals surface area contributed by atoms with Gasteiger partial charge in [-0.25, -0.2) is 4.79 Å². The predicted octanol–water partition coefficient (Wildman–Crippen LogP) is 6.77. The number of hydrogen-bond acceptors (Lipinski definition) is 4. The monoisotopic (exact) mass is 515 g/mol. The van der Waals surface area contributed by atoms with Gasteiger partial charge < -0.3 is 14.9 Å². The van der Waals surface area contributed by atoms with E-state index in [2.05, 4.69) is 24.0 Å². The highest BCUT2D eigenvalue weighted by Gasteiger charge is 2.46. The van der Waals surface area contributed by atoms with Gasteiger partial charge in [-0.1, -0.05) is 63.8 Å². The van der Waals surface area contributed by atoms with E-state index < -0.39 is 11.5 Å². The van der Waals surface area contributed by atoms with Gasteiger partial charge in [-0.05, 0) is 67.3 Å². The Hall–Kier alpha value is -3.33. The van der Waals surface area contributed by atoms with Gasteiger partial charge in [0.2, 0.25) is 5.91 Å². The summed E-state index contributed by atoms with van der Waals surface area (Å²) in [6.07, 6.45) is 8.13. The zero-order valence-electron chi connectivity index (χ0n) is 22.9. The average Bonchev–Trinajstić information content (AvgIpc) is 2.95. The van der Waals surface area contributed by atoms with Gasteiger partial charge in [0.25, 0.3) is 0 Å². The Labute approximate surface area is 227 Å². The smallest absolute Gasteiger partial charge is 0.329 e. The Morgan fingerprint density at radius 2 is 1.84 bits per heavy atom. The SMILES string of the molecule is CCCCC(=O)N(Cc1ccc(-c2cc(N3CCCC(C)C3)ccc2C#N)cc1)C1(C(=O)O)CCCCC1. The largest absolute Gasteiger partial charge is 0.479 e. The van der Waals surface area contributed by atoms with Crippen LogP contribution in [0, 0.1) is 17.2 Å². The van der Waals surface area contributed by atoms with E-state index in [4.69, 9.17) is 0 Å². The highest BCUT2D eigenvalue weighted by Crippen LogP contribution is 2.37. The summed E-state index contributed by atoms with van der Waals surface area (Å²) in [5.74, 6) is -0.306. The average molecular weight is 516 g/mol. The number of carboxylic acid groups (broad SMARTS) is 1. The fourth-order valence-electron chi connectivity index (χ4n) is 6.14. The molecule has 1 N–H and O–H groups in total. The van der Waals surface area contributed by atoms with Crippen molar-refractivity contribution in [1.29, 1.82) is 5.26 Å². The Kier molecular flexibility index (Phi) is 9.09. The van der Waals surface area contributed by atoms with Gasteiger partial charge in [-0.3, -0.25) is 4.79 Å². The Morgan fingerprint density at radius 1 is 1.11 bits per heavy atom. The fraction of sp³-hybridized carbons (Fsp3) is 0.531. The summed E-state index contributed by atoms with van der Waals surface area (Å²) in [4.78, 5) is 29.9. The minimum atomic E-state index is -1.13. The summed E-state index contributed by atoms with van der Waals surface area (Å²) in [6, 6.07) is 16.4.